The lowest BCUT2D eigenvalue weighted by Crippen LogP contribution is -2.24. The highest BCUT2D eigenvalue weighted by molar-refractivity contribution is 5.68. The lowest BCUT2D eigenvalue weighted by molar-refractivity contribution is -0.0498. The van der Waals surface area contributed by atoms with Crippen molar-refractivity contribution >= 4 is 0 Å². The van der Waals surface area contributed by atoms with Gasteiger partial charge in [0.25, 0.3) is 0 Å². The number of halogens is 2. The fraction of sp³-hybridized carbons (Fsp3) is 0.270. The molecule has 1 heterocycles. The van der Waals surface area contributed by atoms with Gasteiger partial charge < -0.3 is 9.30 Å². The average Bonchev–Trinajstić information content (AvgIpc) is 3.35. The number of alkyl halides is 2. The third kappa shape index (κ3) is 7.96. The Morgan fingerprint density at radius 2 is 1.47 bits per heavy atom. The van der Waals surface area contributed by atoms with Crippen LogP contribution in [-0.4, -0.2) is 21.1 Å². The molecule has 5 aromatic rings. The fourth-order valence-electron chi connectivity index (χ4n) is 5.44. The third-order valence-electron chi connectivity index (χ3n) is 7.58. The molecule has 6 heteroatoms. The summed E-state index contributed by atoms with van der Waals surface area (Å²) in [6.07, 6.45) is 2.12. The van der Waals surface area contributed by atoms with Crippen LogP contribution in [0, 0.1) is 13.8 Å². The number of rotatable bonds is 13. The monoisotopic (exact) mass is 579 g/mol. The van der Waals surface area contributed by atoms with Crippen molar-refractivity contribution in [3.63, 3.8) is 0 Å². The lowest BCUT2D eigenvalue weighted by atomic mass is 10.1. The SMILES string of the molecule is CCCCn1c(-c2ccccc2)nc(-c2ccc(C)cc2)c1CN(Cc1ccc(OC(F)F)cc1)Cc1cccc(C)c1. The summed E-state index contributed by atoms with van der Waals surface area (Å²) in [7, 11) is 0. The molecule has 4 aromatic carbocycles. The van der Waals surface area contributed by atoms with E-state index in [-0.39, 0.29) is 5.75 Å². The Hall–Kier alpha value is -4.29. The molecule has 0 aliphatic rings. The Bertz CT molecular complexity index is 1600. The predicted molar refractivity (Wildman–Crippen MR) is 170 cm³/mol. The highest BCUT2D eigenvalue weighted by Crippen LogP contribution is 2.32. The Morgan fingerprint density at radius 1 is 0.744 bits per heavy atom. The standard InChI is InChI=1S/C37H39F2N3O/c1-4-5-22-42-34(35(31-18-14-27(2)15-19-31)40-36(42)32-12-7-6-8-13-32)26-41(25-30-11-9-10-28(3)23-30)24-29-16-20-33(21-17-29)43-37(38)39/h6-21,23,37H,4-5,22,24-26H2,1-3H3. The zero-order chi connectivity index (χ0) is 30.2. The minimum absolute atomic E-state index is 0.163. The summed E-state index contributed by atoms with van der Waals surface area (Å²) in [5, 5.41) is 0. The highest BCUT2D eigenvalue weighted by atomic mass is 19.3. The van der Waals surface area contributed by atoms with Gasteiger partial charge in [0.1, 0.15) is 11.6 Å². The van der Waals surface area contributed by atoms with E-state index in [0.29, 0.717) is 13.1 Å². The molecule has 0 aliphatic heterocycles. The first-order valence-corrected chi connectivity index (χ1v) is 14.9. The van der Waals surface area contributed by atoms with E-state index >= 15 is 0 Å². The van der Waals surface area contributed by atoms with Crippen molar-refractivity contribution in [1.29, 1.82) is 0 Å². The summed E-state index contributed by atoms with van der Waals surface area (Å²) < 4.78 is 32.5. The topological polar surface area (TPSA) is 30.3 Å². The number of aromatic nitrogens is 2. The van der Waals surface area contributed by atoms with E-state index in [9.17, 15) is 8.78 Å². The van der Waals surface area contributed by atoms with E-state index in [1.54, 1.807) is 12.1 Å². The Balaban J connectivity index is 1.58. The molecule has 0 atom stereocenters. The second-order valence-corrected chi connectivity index (χ2v) is 11.1. The van der Waals surface area contributed by atoms with Crippen LogP contribution in [-0.2, 0) is 26.2 Å². The van der Waals surface area contributed by atoms with Gasteiger partial charge in [-0.3, -0.25) is 4.90 Å². The number of hydrogen-bond acceptors (Lipinski definition) is 3. The molecule has 222 valence electrons. The molecule has 0 unspecified atom stereocenters. The van der Waals surface area contributed by atoms with Gasteiger partial charge in [-0.15, -0.1) is 0 Å². The summed E-state index contributed by atoms with van der Waals surface area (Å²) in [6, 6.07) is 34.5. The van der Waals surface area contributed by atoms with Gasteiger partial charge in [0.15, 0.2) is 0 Å². The molecule has 0 aliphatic carbocycles. The van der Waals surface area contributed by atoms with Gasteiger partial charge >= 0.3 is 6.61 Å². The molecule has 0 fully saturated rings. The zero-order valence-corrected chi connectivity index (χ0v) is 25.1. The van der Waals surface area contributed by atoms with Crippen molar-refractivity contribution in [1.82, 2.24) is 14.5 Å². The van der Waals surface area contributed by atoms with Gasteiger partial charge in [-0.05, 0) is 43.5 Å². The minimum atomic E-state index is -2.84. The second kappa shape index (κ2) is 14.3. The number of aryl methyl sites for hydroxylation is 2. The average molecular weight is 580 g/mol. The first-order valence-electron chi connectivity index (χ1n) is 14.9. The molecule has 0 radical (unpaired) electrons. The molecular weight excluding hydrogens is 540 g/mol. The zero-order valence-electron chi connectivity index (χ0n) is 25.1. The molecule has 0 saturated carbocycles. The smallest absolute Gasteiger partial charge is 0.387 e. The van der Waals surface area contributed by atoms with E-state index in [4.69, 9.17) is 4.98 Å². The van der Waals surface area contributed by atoms with Gasteiger partial charge in [-0.25, -0.2) is 4.98 Å². The van der Waals surface area contributed by atoms with Gasteiger partial charge in [-0.1, -0.05) is 115 Å². The van der Waals surface area contributed by atoms with Crippen LogP contribution in [0.4, 0.5) is 8.78 Å². The van der Waals surface area contributed by atoms with Crippen molar-refractivity contribution in [3.8, 4) is 28.4 Å². The molecule has 0 bridgehead atoms. The van der Waals surface area contributed by atoms with Gasteiger partial charge in [0, 0.05) is 37.3 Å². The van der Waals surface area contributed by atoms with Crippen molar-refractivity contribution in [2.24, 2.45) is 0 Å². The second-order valence-electron chi connectivity index (χ2n) is 11.1. The predicted octanol–water partition coefficient (Wildman–Crippen LogP) is 9.44. The van der Waals surface area contributed by atoms with Crippen molar-refractivity contribution in [2.75, 3.05) is 0 Å². The van der Waals surface area contributed by atoms with Crippen molar-refractivity contribution in [2.45, 2.75) is 66.4 Å². The van der Waals surface area contributed by atoms with E-state index in [1.807, 2.05) is 18.2 Å². The molecule has 4 nitrogen and oxygen atoms in total. The van der Waals surface area contributed by atoms with Gasteiger partial charge in [0.05, 0.1) is 11.4 Å². The van der Waals surface area contributed by atoms with Crippen LogP contribution < -0.4 is 4.74 Å². The quantitative estimate of drug-likeness (QED) is 0.139. The van der Waals surface area contributed by atoms with Gasteiger partial charge in [-0.2, -0.15) is 8.78 Å². The number of nitrogens with zero attached hydrogens (tertiary/aromatic N) is 3. The Morgan fingerprint density at radius 3 is 2.14 bits per heavy atom. The van der Waals surface area contributed by atoms with Crippen molar-refractivity contribution < 1.29 is 13.5 Å². The number of hydrogen-bond donors (Lipinski definition) is 0. The van der Waals surface area contributed by atoms with Crippen LogP contribution in [0.25, 0.3) is 22.6 Å². The summed E-state index contributed by atoms with van der Waals surface area (Å²) in [5.41, 5.74) is 9.01. The minimum Gasteiger partial charge on any atom is -0.435 e. The largest absolute Gasteiger partial charge is 0.435 e. The maximum Gasteiger partial charge on any atom is 0.387 e. The fourth-order valence-corrected chi connectivity index (χ4v) is 5.44. The van der Waals surface area contributed by atoms with E-state index < -0.39 is 6.61 Å². The maximum absolute atomic E-state index is 12.8. The molecule has 43 heavy (non-hydrogen) atoms. The van der Waals surface area contributed by atoms with Crippen LogP contribution in [0.15, 0.2) is 103 Å². The molecule has 1 aromatic heterocycles. The summed E-state index contributed by atoms with van der Waals surface area (Å²) in [6.45, 7) is 6.47. The molecule has 0 saturated heterocycles. The van der Waals surface area contributed by atoms with Crippen LogP contribution in [0.1, 0.15) is 47.7 Å². The van der Waals surface area contributed by atoms with Crippen LogP contribution in [0.3, 0.4) is 0 Å². The Kier molecular flexibility index (Phi) is 10.0. The third-order valence-corrected chi connectivity index (χ3v) is 7.58. The number of unbranched alkanes of at least 4 members (excludes halogenated alkanes) is 1. The maximum atomic E-state index is 12.8. The molecule has 0 amide bonds. The summed E-state index contributed by atoms with van der Waals surface area (Å²) in [4.78, 5) is 7.71. The molecule has 0 N–H and O–H groups in total. The summed E-state index contributed by atoms with van der Waals surface area (Å²) >= 11 is 0. The van der Waals surface area contributed by atoms with Gasteiger partial charge in [0.2, 0.25) is 0 Å². The van der Waals surface area contributed by atoms with Crippen LogP contribution >= 0.6 is 0 Å². The normalized spacial score (nSPS) is 11.4. The molecular formula is C37H39F2N3O. The van der Waals surface area contributed by atoms with Crippen LogP contribution in [0.5, 0.6) is 5.75 Å². The first-order chi connectivity index (χ1) is 20.9. The van der Waals surface area contributed by atoms with E-state index in [0.717, 1.165) is 54.1 Å². The first kappa shape index (κ1) is 30.2. The highest BCUT2D eigenvalue weighted by Gasteiger charge is 2.22. The van der Waals surface area contributed by atoms with E-state index in [1.165, 1.54) is 22.4 Å². The number of benzene rings is 4. The van der Waals surface area contributed by atoms with Crippen LogP contribution in [0.2, 0.25) is 0 Å². The molecule has 0 spiro atoms. The number of imidazole rings is 1. The number of ether oxygens (including phenoxy) is 1. The Labute approximate surface area is 253 Å². The van der Waals surface area contributed by atoms with Crippen molar-refractivity contribution in [3.05, 3.63) is 131 Å². The lowest BCUT2D eigenvalue weighted by Gasteiger charge is -2.25. The summed E-state index contributed by atoms with van der Waals surface area (Å²) in [5.74, 6) is 1.14. The molecule has 5 rings (SSSR count). The van der Waals surface area contributed by atoms with E-state index in [2.05, 4.69) is 108 Å².